The second-order valence-corrected chi connectivity index (χ2v) is 7.21. The monoisotopic (exact) mass is 336 g/mol. The molecular weight excluding hydrogens is 308 g/mol. The quantitative estimate of drug-likeness (QED) is 0.851. The lowest BCUT2D eigenvalue weighted by Gasteiger charge is -2.17. The van der Waals surface area contributed by atoms with Gasteiger partial charge in [0.25, 0.3) is 5.91 Å². The van der Waals surface area contributed by atoms with Crippen LogP contribution in [-0.2, 0) is 13.1 Å². The van der Waals surface area contributed by atoms with Crippen LogP contribution in [0.1, 0.15) is 59.7 Å². The zero-order chi connectivity index (χ0) is 17.6. The summed E-state index contributed by atoms with van der Waals surface area (Å²) in [4.78, 5) is 14.9. The van der Waals surface area contributed by atoms with Crippen LogP contribution < -0.4 is 5.32 Å². The molecule has 1 heterocycles. The molecule has 1 saturated heterocycles. The molecule has 3 heteroatoms. The lowest BCUT2D eigenvalue weighted by molar-refractivity contribution is 0.0950. The maximum Gasteiger partial charge on any atom is 0.251 e. The fourth-order valence-corrected chi connectivity index (χ4v) is 3.36. The molecule has 0 saturated carbocycles. The molecule has 0 radical (unpaired) electrons. The molecule has 0 bridgehead atoms. The number of rotatable bonds is 6. The van der Waals surface area contributed by atoms with Crippen LogP contribution >= 0.6 is 0 Å². The number of benzene rings is 2. The van der Waals surface area contributed by atoms with Gasteiger partial charge >= 0.3 is 0 Å². The maximum absolute atomic E-state index is 12.4. The predicted molar refractivity (Wildman–Crippen MR) is 103 cm³/mol. The molecule has 3 nitrogen and oxygen atoms in total. The SMILES string of the molecule is CC(C)c1ccc(C(=O)NCc2ccccc2CN2CCCC2)cc1. The van der Waals surface area contributed by atoms with Gasteiger partial charge in [-0.15, -0.1) is 0 Å². The van der Waals surface area contributed by atoms with Crippen molar-refractivity contribution in [2.45, 2.75) is 45.7 Å². The highest BCUT2D eigenvalue weighted by molar-refractivity contribution is 5.94. The van der Waals surface area contributed by atoms with Gasteiger partial charge in [0, 0.05) is 18.7 Å². The fraction of sp³-hybridized carbons (Fsp3) is 0.409. The molecule has 2 aromatic rings. The second-order valence-electron chi connectivity index (χ2n) is 7.21. The van der Waals surface area contributed by atoms with Crippen LogP contribution in [0.25, 0.3) is 0 Å². The van der Waals surface area contributed by atoms with Gasteiger partial charge in [0.2, 0.25) is 0 Å². The fourth-order valence-electron chi connectivity index (χ4n) is 3.36. The smallest absolute Gasteiger partial charge is 0.251 e. The average molecular weight is 336 g/mol. The highest BCUT2D eigenvalue weighted by atomic mass is 16.1. The van der Waals surface area contributed by atoms with Crippen LogP contribution in [0.5, 0.6) is 0 Å². The Kier molecular flexibility index (Phi) is 5.87. The molecule has 1 aliphatic heterocycles. The zero-order valence-corrected chi connectivity index (χ0v) is 15.3. The summed E-state index contributed by atoms with van der Waals surface area (Å²) in [5, 5.41) is 3.07. The van der Waals surface area contributed by atoms with E-state index in [0.29, 0.717) is 12.5 Å². The third kappa shape index (κ3) is 4.70. The highest BCUT2D eigenvalue weighted by Crippen LogP contribution is 2.17. The molecule has 1 N–H and O–H groups in total. The maximum atomic E-state index is 12.4. The second kappa shape index (κ2) is 8.30. The molecule has 132 valence electrons. The standard InChI is InChI=1S/C22H28N2O/c1-17(2)18-9-11-19(12-10-18)22(25)23-15-20-7-3-4-8-21(20)16-24-13-5-6-14-24/h3-4,7-12,17H,5-6,13-16H2,1-2H3,(H,23,25). The van der Waals surface area contributed by atoms with Crippen molar-refractivity contribution in [3.63, 3.8) is 0 Å². The Morgan fingerprint density at radius 1 is 1.00 bits per heavy atom. The van der Waals surface area contributed by atoms with E-state index in [0.717, 1.165) is 12.1 Å². The largest absolute Gasteiger partial charge is 0.348 e. The van der Waals surface area contributed by atoms with Gasteiger partial charge < -0.3 is 5.32 Å². The summed E-state index contributed by atoms with van der Waals surface area (Å²) < 4.78 is 0. The topological polar surface area (TPSA) is 32.3 Å². The number of carbonyl (C=O) groups is 1. The molecule has 0 atom stereocenters. The van der Waals surface area contributed by atoms with Gasteiger partial charge in [-0.2, -0.15) is 0 Å². The third-order valence-corrected chi connectivity index (χ3v) is 4.99. The first-order valence-corrected chi connectivity index (χ1v) is 9.31. The van der Waals surface area contributed by atoms with Crippen molar-refractivity contribution < 1.29 is 4.79 Å². The van der Waals surface area contributed by atoms with Crippen molar-refractivity contribution in [1.29, 1.82) is 0 Å². The molecular formula is C22H28N2O. The normalized spacial score (nSPS) is 14.8. The first-order valence-electron chi connectivity index (χ1n) is 9.31. The number of nitrogens with one attached hydrogen (secondary N) is 1. The van der Waals surface area contributed by atoms with E-state index >= 15 is 0 Å². The Hall–Kier alpha value is -2.13. The highest BCUT2D eigenvalue weighted by Gasteiger charge is 2.14. The zero-order valence-electron chi connectivity index (χ0n) is 15.3. The summed E-state index contributed by atoms with van der Waals surface area (Å²) in [6.45, 7) is 8.24. The van der Waals surface area contributed by atoms with Crippen LogP contribution in [0.4, 0.5) is 0 Å². The Morgan fingerprint density at radius 3 is 2.28 bits per heavy atom. The van der Waals surface area contributed by atoms with E-state index in [2.05, 4.69) is 42.3 Å². The summed E-state index contributed by atoms with van der Waals surface area (Å²) in [5.74, 6) is 0.473. The summed E-state index contributed by atoms with van der Waals surface area (Å²) in [6, 6.07) is 16.3. The van der Waals surface area contributed by atoms with Gasteiger partial charge in [0.15, 0.2) is 0 Å². The number of hydrogen-bond donors (Lipinski definition) is 1. The number of hydrogen-bond acceptors (Lipinski definition) is 2. The van der Waals surface area contributed by atoms with E-state index in [9.17, 15) is 4.79 Å². The van der Waals surface area contributed by atoms with Crippen LogP contribution in [0.2, 0.25) is 0 Å². The molecule has 0 spiro atoms. The van der Waals surface area contributed by atoms with E-state index in [-0.39, 0.29) is 5.91 Å². The van der Waals surface area contributed by atoms with Crippen molar-refractivity contribution >= 4 is 5.91 Å². The van der Waals surface area contributed by atoms with Crippen LogP contribution in [0, 0.1) is 0 Å². The Morgan fingerprint density at radius 2 is 1.64 bits per heavy atom. The van der Waals surface area contributed by atoms with Gasteiger partial charge in [-0.25, -0.2) is 0 Å². The molecule has 0 unspecified atom stereocenters. The minimum absolute atomic E-state index is 0.00807. The van der Waals surface area contributed by atoms with Gasteiger partial charge in [-0.3, -0.25) is 9.69 Å². The number of likely N-dealkylation sites (tertiary alicyclic amines) is 1. The summed E-state index contributed by atoms with van der Waals surface area (Å²) in [6.07, 6.45) is 2.59. The Labute approximate surface area is 151 Å². The molecule has 0 aromatic heterocycles. The lowest BCUT2D eigenvalue weighted by Crippen LogP contribution is -2.25. The van der Waals surface area contributed by atoms with E-state index in [1.807, 2.05) is 30.3 Å². The molecule has 25 heavy (non-hydrogen) atoms. The third-order valence-electron chi connectivity index (χ3n) is 4.99. The van der Waals surface area contributed by atoms with Crippen molar-refractivity contribution in [1.82, 2.24) is 10.2 Å². The molecule has 0 aliphatic carbocycles. The molecule has 1 aliphatic rings. The predicted octanol–water partition coefficient (Wildman–Crippen LogP) is 4.34. The first kappa shape index (κ1) is 17.7. The van der Waals surface area contributed by atoms with Gasteiger partial charge in [0.1, 0.15) is 0 Å². The first-order chi connectivity index (χ1) is 12.1. The van der Waals surface area contributed by atoms with Crippen LogP contribution in [-0.4, -0.2) is 23.9 Å². The summed E-state index contributed by atoms with van der Waals surface area (Å²) in [5.41, 5.74) is 4.51. The molecule has 1 fully saturated rings. The van der Waals surface area contributed by atoms with Crippen molar-refractivity contribution in [3.8, 4) is 0 Å². The molecule has 2 aromatic carbocycles. The van der Waals surface area contributed by atoms with E-state index in [4.69, 9.17) is 0 Å². The number of nitrogens with zero attached hydrogens (tertiary/aromatic N) is 1. The lowest BCUT2D eigenvalue weighted by atomic mass is 10.0. The Bertz CT molecular complexity index is 700. The van der Waals surface area contributed by atoms with Crippen molar-refractivity contribution in [2.75, 3.05) is 13.1 Å². The average Bonchev–Trinajstić information content (AvgIpc) is 3.14. The van der Waals surface area contributed by atoms with Gasteiger partial charge in [-0.05, 0) is 60.7 Å². The number of amides is 1. The molecule has 1 amide bonds. The minimum Gasteiger partial charge on any atom is -0.348 e. The van der Waals surface area contributed by atoms with Crippen molar-refractivity contribution in [2.24, 2.45) is 0 Å². The Balaban J connectivity index is 1.61. The minimum atomic E-state index is -0.00807. The van der Waals surface area contributed by atoms with Crippen LogP contribution in [0.3, 0.4) is 0 Å². The van der Waals surface area contributed by atoms with Crippen LogP contribution in [0.15, 0.2) is 48.5 Å². The van der Waals surface area contributed by atoms with E-state index in [1.165, 1.54) is 42.6 Å². The molecule has 3 rings (SSSR count). The number of carbonyl (C=O) groups excluding carboxylic acids is 1. The van der Waals surface area contributed by atoms with Crippen molar-refractivity contribution in [3.05, 3.63) is 70.8 Å². The van der Waals surface area contributed by atoms with E-state index in [1.54, 1.807) is 0 Å². The summed E-state index contributed by atoms with van der Waals surface area (Å²) in [7, 11) is 0. The van der Waals surface area contributed by atoms with Gasteiger partial charge in [-0.1, -0.05) is 50.2 Å². The van der Waals surface area contributed by atoms with Gasteiger partial charge in [0.05, 0.1) is 0 Å². The summed E-state index contributed by atoms with van der Waals surface area (Å²) >= 11 is 0. The van der Waals surface area contributed by atoms with E-state index < -0.39 is 0 Å².